The lowest BCUT2D eigenvalue weighted by molar-refractivity contribution is 0.657. The Labute approximate surface area is 121 Å². The third-order valence-corrected chi connectivity index (χ3v) is 3.45. The predicted octanol–water partition coefficient (Wildman–Crippen LogP) is 1.83. The first-order chi connectivity index (χ1) is 10.1. The van der Waals surface area contributed by atoms with E-state index in [-0.39, 0.29) is 12.1 Å². The first-order valence-corrected chi connectivity index (χ1v) is 6.58. The van der Waals surface area contributed by atoms with E-state index < -0.39 is 0 Å². The van der Waals surface area contributed by atoms with Gasteiger partial charge < -0.3 is 0 Å². The van der Waals surface area contributed by atoms with Crippen LogP contribution in [0.15, 0.2) is 35.3 Å². The van der Waals surface area contributed by atoms with E-state index in [4.69, 9.17) is 6.42 Å². The first-order valence-electron chi connectivity index (χ1n) is 6.58. The summed E-state index contributed by atoms with van der Waals surface area (Å²) in [5.74, 6) is 2.45. The quantitative estimate of drug-likeness (QED) is 0.672. The number of fused-ring (bicyclic) bond motifs is 1. The molecule has 0 spiro atoms. The Morgan fingerprint density at radius 3 is 2.76 bits per heavy atom. The zero-order valence-electron chi connectivity index (χ0n) is 11.9. The molecule has 0 radical (unpaired) electrons. The number of benzene rings is 1. The molecule has 5 heteroatoms. The molecular formula is C16H14N4O. The maximum Gasteiger partial charge on any atom is 0.294 e. The normalized spacial score (nSPS) is 10.7. The molecule has 0 aliphatic heterocycles. The summed E-state index contributed by atoms with van der Waals surface area (Å²) in [5, 5.41) is 9.34. The van der Waals surface area contributed by atoms with Crippen molar-refractivity contribution in [3.63, 3.8) is 0 Å². The van der Waals surface area contributed by atoms with Gasteiger partial charge in [0.15, 0.2) is 0 Å². The number of hydrogen-bond donors (Lipinski definition) is 0. The van der Waals surface area contributed by atoms with E-state index in [1.54, 1.807) is 10.9 Å². The van der Waals surface area contributed by atoms with Crippen LogP contribution in [0.1, 0.15) is 11.3 Å². The second kappa shape index (κ2) is 4.91. The molecule has 2 heterocycles. The van der Waals surface area contributed by atoms with Gasteiger partial charge in [0.2, 0.25) is 0 Å². The van der Waals surface area contributed by atoms with Crippen molar-refractivity contribution >= 4 is 10.9 Å². The number of nitrogens with zero attached hydrogens (tertiary/aromatic N) is 4. The maximum atomic E-state index is 12.6. The molecule has 0 atom stereocenters. The van der Waals surface area contributed by atoms with Crippen LogP contribution < -0.4 is 5.56 Å². The minimum absolute atomic E-state index is 0.147. The lowest BCUT2D eigenvalue weighted by Gasteiger charge is -2.08. The monoisotopic (exact) mass is 278 g/mol. The van der Waals surface area contributed by atoms with Gasteiger partial charge in [0.25, 0.3) is 5.56 Å². The lowest BCUT2D eigenvalue weighted by Crippen LogP contribution is -2.25. The van der Waals surface area contributed by atoms with E-state index in [9.17, 15) is 4.79 Å². The topological polar surface area (TPSA) is 52.7 Å². The van der Waals surface area contributed by atoms with Crippen LogP contribution in [0.2, 0.25) is 0 Å². The third-order valence-electron chi connectivity index (χ3n) is 3.45. The van der Waals surface area contributed by atoms with Gasteiger partial charge in [-0.2, -0.15) is 10.2 Å². The molecule has 0 saturated heterocycles. The summed E-state index contributed by atoms with van der Waals surface area (Å²) in [4.78, 5) is 12.6. The van der Waals surface area contributed by atoms with Gasteiger partial charge in [-0.3, -0.25) is 4.79 Å². The summed E-state index contributed by atoms with van der Waals surface area (Å²) in [7, 11) is 0. The minimum Gasteiger partial charge on any atom is -0.265 e. The molecule has 5 nitrogen and oxygen atoms in total. The molecule has 3 aromatic rings. The second-order valence-corrected chi connectivity index (χ2v) is 4.86. The summed E-state index contributed by atoms with van der Waals surface area (Å²) in [6.07, 6.45) is 6.97. The van der Waals surface area contributed by atoms with E-state index in [1.165, 1.54) is 4.68 Å². The molecule has 0 aliphatic rings. The fraction of sp³-hybridized carbons (Fsp3) is 0.188. The van der Waals surface area contributed by atoms with Gasteiger partial charge in [-0.05, 0) is 25.5 Å². The average Bonchev–Trinajstić information content (AvgIpc) is 2.90. The molecule has 0 amide bonds. The average molecular weight is 278 g/mol. The van der Waals surface area contributed by atoms with Crippen molar-refractivity contribution in [1.82, 2.24) is 19.6 Å². The predicted molar refractivity (Wildman–Crippen MR) is 81.4 cm³/mol. The molecule has 0 N–H and O–H groups in total. The zero-order chi connectivity index (χ0) is 15.0. The Morgan fingerprint density at radius 2 is 2.05 bits per heavy atom. The Morgan fingerprint density at radius 1 is 1.29 bits per heavy atom. The van der Waals surface area contributed by atoms with Crippen molar-refractivity contribution in [2.24, 2.45) is 0 Å². The van der Waals surface area contributed by atoms with Gasteiger partial charge >= 0.3 is 0 Å². The highest BCUT2D eigenvalue weighted by atomic mass is 16.1. The molecule has 0 aliphatic carbocycles. The first kappa shape index (κ1) is 13.1. The fourth-order valence-electron chi connectivity index (χ4n) is 2.40. The number of hydrogen-bond acceptors (Lipinski definition) is 3. The lowest BCUT2D eigenvalue weighted by atomic mass is 10.2. The van der Waals surface area contributed by atoms with E-state index >= 15 is 0 Å². The highest BCUT2D eigenvalue weighted by molar-refractivity contribution is 5.81. The van der Waals surface area contributed by atoms with Gasteiger partial charge in [-0.25, -0.2) is 9.36 Å². The largest absolute Gasteiger partial charge is 0.294 e. The van der Waals surface area contributed by atoms with Crippen molar-refractivity contribution in [2.75, 3.05) is 0 Å². The zero-order valence-corrected chi connectivity index (χ0v) is 11.9. The Hall–Kier alpha value is -2.87. The van der Waals surface area contributed by atoms with Gasteiger partial charge in [-0.1, -0.05) is 24.1 Å². The van der Waals surface area contributed by atoms with Crippen LogP contribution >= 0.6 is 0 Å². The number of aryl methyl sites for hydroxylation is 2. The second-order valence-electron chi connectivity index (χ2n) is 4.86. The highest BCUT2D eigenvalue weighted by Gasteiger charge is 2.15. The van der Waals surface area contributed by atoms with Crippen LogP contribution in [0.5, 0.6) is 0 Å². The van der Waals surface area contributed by atoms with Crippen LogP contribution in [-0.4, -0.2) is 19.6 Å². The summed E-state index contributed by atoms with van der Waals surface area (Å²) in [6, 6.07) is 7.79. The molecule has 3 rings (SSSR count). The van der Waals surface area contributed by atoms with E-state index in [1.807, 2.05) is 38.1 Å². The van der Waals surface area contributed by atoms with Gasteiger partial charge in [-0.15, -0.1) is 6.42 Å². The number of para-hydroxylation sites is 1. The summed E-state index contributed by atoms with van der Waals surface area (Å²) < 4.78 is 2.96. The van der Waals surface area contributed by atoms with Crippen LogP contribution in [0.4, 0.5) is 0 Å². The van der Waals surface area contributed by atoms with Gasteiger partial charge in [0.05, 0.1) is 17.6 Å². The van der Waals surface area contributed by atoms with E-state index in [2.05, 4.69) is 16.1 Å². The van der Waals surface area contributed by atoms with Gasteiger partial charge in [0.1, 0.15) is 12.1 Å². The third kappa shape index (κ3) is 2.01. The number of aromatic nitrogens is 4. The summed E-state index contributed by atoms with van der Waals surface area (Å²) in [6.45, 7) is 3.98. The molecule has 0 unspecified atom stereocenters. The molecular weight excluding hydrogens is 264 g/mol. The summed E-state index contributed by atoms with van der Waals surface area (Å²) in [5.41, 5.74) is 2.93. The Balaban J connectivity index is 2.39. The van der Waals surface area contributed by atoms with Crippen LogP contribution in [0.25, 0.3) is 16.6 Å². The van der Waals surface area contributed by atoms with Crippen LogP contribution in [0.3, 0.4) is 0 Å². The Bertz CT molecular complexity index is 928. The highest BCUT2D eigenvalue weighted by Crippen LogP contribution is 2.19. The van der Waals surface area contributed by atoms with Crippen molar-refractivity contribution < 1.29 is 0 Å². The molecule has 1 aromatic carbocycles. The smallest absolute Gasteiger partial charge is 0.265 e. The van der Waals surface area contributed by atoms with Crippen molar-refractivity contribution in [2.45, 2.75) is 20.4 Å². The minimum atomic E-state index is -0.227. The Kier molecular flexibility index (Phi) is 3.07. The molecule has 0 bridgehead atoms. The maximum absolute atomic E-state index is 12.6. The van der Waals surface area contributed by atoms with Gasteiger partial charge in [0, 0.05) is 5.39 Å². The van der Waals surface area contributed by atoms with E-state index in [0.29, 0.717) is 5.52 Å². The standard InChI is InChI=1S/C16H14N4O/c1-4-9-19-16(21)15-13(12(3)18-19)10-17-20(15)14-8-6-5-7-11(14)2/h1,5-8,10H,9H2,2-3H3. The molecule has 2 aromatic heterocycles. The van der Waals surface area contributed by atoms with Crippen LogP contribution in [0, 0.1) is 26.2 Å². The molecule has 104 valence electrons. The SMILES string of the molecule is C#CCn1nc(C)c2cnn(-c3ccccc3C)c2c1=O. The van der Waals surface area contributed by atoms with Crippen molar-refractivity contribution in [3.05, 3.63) is 52.1 Å². The molecule has 0 fully saturated rings. The van der Waals surface area contributed by atoms with E-state index in [0.717, 1.165) is 22.3 Å². The fourth-order valence-corrected chi connectivity index (χ4v) is 2.40. The van der Waals surface area contributed by atoms with Crippen LogP contribution in [-0.2, 0) is 6.54 Å². The van der Waals surface area contributed by atoms with Crippen molar-refractivity contribution in [3.8, 4) is 18.0 Å². The van der Waals surface area contributed by atoms with Crippen molar-refractivity contribution in [1.29, 1.82) is 0 Å². The summed E-state index contributed by atoms with van der Waals surface area (Å²) >= 11 is 0. The number of terminal acetylenes is 1. The molecule has 0 saturated carbocycles. The number of rotatable bonds is 2. The molecule has 21 heavy (non-hydrogen) atoms.